The molecule has 0 aliphatic carbocycles. The number of para-hydroxylation sites is 1. The van der Waals surface area contributed by atoms with E-state index in [9.17, 15) is 18.7 Å². The van der Waals surface area contributed by atoms with Gasteiger partial charge in [0.15, 0.2) is 0 Å². The summed E-state index contributed by atoms with van der Waals surface area (Å²) in [5.41, 5.74) is 2.79. The molecular formula is C24H22F2N2O3. The number of hydrogen-bond acceptors (Lipinski definition) is 4. The minimum absolute atomic E-state index is 0.166. The third-order valence-electron chi connectivity index (χ3n) is 5.24. The van der Waals surface area contributed by atoms with Gasteiger partial charge in [0.2, 0.25) is 0 Å². The molecule has 1 aliphatic heterocycles. The predicted molar refractivity (Wildman–Crippen MR) is 113 cm³/mol. The number of carbonyl (C=O) groups is 1. The molecule has 31 heavy (non-hydrogen) atoms. The number of aromatic nitrogens is 1. The summed E-state index contributed by atoms with van der Waals surface area (Å²) in [6, 6.07) is 15.7. The molecule has 160 valence electrons. The van der Waals surface area contributed by atoms with Gasteiger partial charge in [0, 0.05) is 28.6 Å². The van der Waals surface area contributed by atoms with E-state index in [0.29, 0.717) is 40.4 Å². The molecule has 0 saturated carbocycles. The molecule has 0 atom stereocenters. The fourth-order valence-corrected chi connectivity index (χ4v) is 3.66. The SMILES string of the molecule is CC(C)(O)c1ccc(N2Cc3c(ccnc3-c3ccccc3OCC(F)F)C2=O)cc1. The Morgan fingerprint density at radius 1 is 1.10 bits per heavy atom. The minimum Gasteiger partial charge on any atom is -0.487 e. The van der Waals surface area contributed by atoms with Crippen molar-refractivity contribution in [2.75, 3.05) is 11.5 Å². The van der Waals surface area contributed by atoms with Crippen LogP contribution < -0.4 is 9.64 Å². The van der Waals surface area contributed by atoms with E-state index in [1.54, 1.807) is 73.3 Å². The zero-order valence-electron chi connectivity index (χ0n) is 17.2. The van der Waals surface area contributed by atoms with Crippen LogP contribution in [-0.4, -0.2) is 29.0 Å². The van der Waals surface area contributed by atoms with Crippen molar-refractivity contribution in [3.63, 3.8) is 0 Å². The van der Waals surface area contributed by atoms with Crippen LogP contribution in [0.4, 0.5) is 14.5 Å². The Morgan fingerprint density at radius 2 is 1.81 bits per heavy atom. The first-order valence-corrected chi connectivity index (χ1v) is 9.88. The number of rotatable bonds is 6. The lowest BCUT2D eigenvalue weighted by Crippen LogP contribution is -2.23. The van der Waals surface area contributed by atoms with Crippen LogP contribution in [0.25, 0.3) is 11.3 Å². The smallest absolute Gasteiger partial charge is 0.272 e. The Balaban J connectivity index is 1.69. The largest absolute Gasteiger partial charge is 0.487 e. The van der Waals surface area contributed by atoms with Crippen LogP contribution in [0.2, 0.25) is 0 Å². The lowest BCUT2D eigenvalue weighted by molar-refractivity contribution is 0.0786. The standard InChI is InChI=1S/C24H22F2N2O3/c1-24(2,30)15-7-9-16(10-8-15)28-13-19-17(23(28)29)11-12-27-22(19)18-5-3-4-6-20(18)31-14-21(25)26/h3-12,21,30H,13-14H2,1-2H3. The number of nitrogens with zero attached hydrogens (tertiary/aromatic N) is 2. The number of hydrogen-bond donors (Lipinski definition) is 1. The average molecular weight is 424 g/mol. The quantitative estimate of drug-likeness (QED) is 0.619. The van der Waals surface area contributed by atoms with Crippen molar-refractivity contribution in [2.24, 2.45) is 0 Å². The fourth-order valence-electron chi connectivity index (χ4n) is 3.66. The van der Waals surface area contributed by atoms with Gasteiger partial charge in [-0.05, 0) is 49.7 Å². The van der Waals surface area contributed by atoms with Gasteiger partial charge in [0.25, 0.3) is 12.3 Å². The topological polar surface area (TPSA) is 62.7 Å². The van der Waals surface area contributed by atoms with Crippen molar-refractivity contribution in [1.82, 2.24) is 4.98 Å². The molecule has 4 rings (SSSR count). The maximum absolute atomic E-state index is 13.1. The van der Waals surface area contributed by atoms with Crippen LogP contribution in [-0.2, 0) is 12.1 Å². The zero-order chi connectivity index (χ0) is 22.2. The third-order valence-corrected chi connectivity index (χ3v) is 5.24. The molecule has 0 radical (unpaired) electrons. The van der Waals surface area contributed by atoms with Gasteiger partial charge in [-0.1, -0.05) is 24.3 Å². The number of alkyl halides is 2. The molecule has 1 aliphatic rings. The highest BCUT2D eigenvalue weighted by Gasteiger charge is 2.32. The lowest BCUT2D eigenvalue weighted by atomic mass is 9.98. The van der Waals surface area contributed by atoms with Crippen LogP contribution in [0.15, 0.2) is 60.8 Å². The number of halogens is 2. The maximum Gasteiger partial charge on any atom is 0.272 e. The van der Waals surface area contributed by atoms with Crippen LogP contribution in [0.5, 0.6) is 5.75 Å². The van der Waals surface area contributed by atoms with E-state index in [-0.39, 0.29) is 5.91 Å². The van der Waals surface area contributed by atoms with Gasteiger partial charge in [-0.3, -0.25) is 9.78 Å². The molecule has 0 spiro atoms. The van der Waals surface area contributed by atoms with E-state index in [0.717, 1.165) is 5.56 Å². The van der Waals surface area contributed by atoms with Gasteiger partial charge in [-0.25, -0.2) is 8.78 Å². The Bertz CT molecular complexity index is 1110. The second-order valence-corrected chi connectivity index (χ2v) is 7.88. The molecule has 1 N–H and O–H groups in total. The molecule has 0 saturated heterocycles. The Kier molecular flexibility index (Phi) is 5.45. The monoisotopic (exact) mass is 424 g/mol. The highest BCUT2D eigenvalue weighted by Crippen LogP contribution is 2.37. The van der Waals surface area contributed by atoms with E-state index in [4.69, 9.17) is 4.74 Å². The van der Waals surface area contributed by atoms with Crippen LogP contribution in [0.1, 0.15) is 35.3 Å². The van der Waals surface area contributed by atoms with Gasteiger partial charge < -0.3 is 14.7 Å². The van der Waals surface area contributed by atoms with Gasteiger partial charge >= 0.3 is 0 Å². The average Bonchev–Trinajstić information content (AvgIpc) is 3.09. The summed E-state index contributed by atoms with van der Waals surface area (Å²) in [5, 5.41) is 10.2. The summed E-state index contributed by atoms with van der Waals surface area (Å²) in [7, 11) is 0. The molecule has 0 bridgehead atoms. The highest BCUT2D eigenvalue weighted by atomic mass is 19.3. The zero-order valence-corrected chi connectivity index (χ0v) is 17.2. The van der Waals surface area contributed by atoms with Gasteiger partial charge in [-0.2, -0.15) is 0 Å². The molecule has 2 heterocycles. The summed E-state index contributed by atoms with van der Waals surface area (Å²) >= 11 is 0. The van der Waals surface area contributed by atoms with E-state index in [2.05, 4.69) is 4.98 Å². The van der Waals surface area contributed by atoms with Gasteiger partial charge in [0.1, 0.15) is 12.4 Å². The minimum atomic E-state index is -2.59. The van der Waals surface area contributed by atoms with Crippen molar-refractivity contribution >= 4 is 11.6 Å². The molecule has 0 fully saturated rings. The number of amides is 1. The van der Waals surface area contributed by atoms with E-state index >= 15 is 0 Å². The first kappa shape index (κ1) is 20.9. The van der Waals surface area contributed by atoms with E-state index in [1.807, 2.05) is 0 Å². The molecule has 3 aromatic rings. The number of anilines is 1. The van der Waals surface area contributed by atoms with Crippen molar-refractivity contribution in [3.8, 4) is 17.0 Å². The van der Waals surface area contributed by atoms with Crippen molar-refractivity contribution in [3.05, 3.63) is 77.5 Å². The first-order valence-electron chi connectivity index (χ1n) is 9.88. The predicted octanol–water partition coefficient (Wildman–Crippen LogP) is 4.78. The van der Waals surface area contributed by atoms with Crippen molar-refractivity contribution in [1.29, 1.82) is 0 Å². The maximum atomic E-state index is 13.1. The van der Waals surface area contributed by atoms with E-state index in [1.165, 1.54) is 6.20 Å². The van der Waals surface area contributed by atoms with Crippen molar-refractivity contribution < 1.29 is 23.4 Å². The molecule has 1 aromatic heterocycles. The molecule has 5 nitrogen and oxygen atoms in total. The summed E-state index contributed by atoms with van der Waals surface area (Å²) in [6.45, 7) is 2.97. The summed E-state index contributed by atoms with van der Waals surface area (Å²) in [6.07, 6.45) is -1.05. The Hall–Kier alpha value is -3.32. The number of pyridine rings is 1. The molecule has 0 unspecified atom stereocenters. The molecule has 7 heteroatoms. The van der Waals surface area contributed by atoms with Crippen LogP contribution >= 0.6 is 0 Å². The fraction of sp³-hybridized carbons (Fsp3) is 0.250. The van der Waals surface area contributed by atoms with Crippen molar-refractivity contribution in [2.45, 2.75) is 32.4 Å². The second-order valence-electron chi connectivity index (χ2n) is 7.88. The van der Waals surface area contributed by atoms with E-state index < -0.39 is 18.6 Å². The Labute approximate surface area is 178 Å². The Morgan fingerprint density at radius 3 is 2.48 bits per heavy atom. The summed E-state index contributed by atoms with van der Waals surface area (Å²) < 4.78 is 30.6. The van der Waals surface area contributed by atoms with Crippen LogP contribution in [0.3, 0.4) is 0 Å². The van der Waals surface area contributed by atoms with Gasteiger partial charge in [-0.15, -0.1) is 0 Å². The lowest BCUT2D eigenvalue weighted by Gasteiger charge is -2.20. The number of aliphatic hydroxyl groups is 1. The number of benzene rings is 2. The molecule has 1 amide bonds. The first-order chi connectivity index (χ1) is 14.8. The normalized spacial score (nSPS) is 13.6. The second kappa shape index (κ2) is 8.07. The van der Waals surface area contributed by atoms with Gasteiger partial charge in [0.05, 0.1) is 17.8 Å². The number of ether oxygens (including phenoxy) is 1. The summed E-state index contributed by atoms with van der Waals surface area (Å²) in [4.78, 5) is 19.2. The number of carbonyl (C=O) groups excluding carboxylic acids is 1. The molecule has 2 aromatic carbocycles. The highest BCUT2D eigenvalue weighted by molar-refractivity contribution is 6.11. The van der Waals surface area contributed by atoms with Crippen LogP contribution in [0, 0.1) is 0 Å². The molecular weight excluding hydrogens is 402 g/mol. The number of fused-ring (bicyclic) bond motifs is 1. The summed E-state index contributed by atoms with van der Waals surface area (Å²) in [5.74, 6) is 0.129. The third kappa shape index (κ3) is 4.14.